The number of rotatable bonds is 2. The largest absolute Gasteiger partial charge is 0.459 e. The summed E-state index contributed by atoms with van der Waals surface area (Å²) in [7, 11) is 1.30. The van der Waals surface area contributed by atoms with Gasteiger partial charge in [-0.2, -0.15) is 0 Å². The zero-order valence-electron chi connectivity index (χ0n) is 7.76. The van der Waals surface area contributed by atoms with Crippen LogP contribution >= 0.6 is 0 Å². The number of carbonyl (C=O) groups excluding carboxylic acids is 1. The molecule has 0 heterocycles. The van der Waals surface area contributed by atoms with E-state index >= 15 is 0 Å². The third kappa shape index (κ3) is 5.75. The number of esters is 1. The Kier molecular flexibility index (Phi) is 5.14. The fraction of sp³-hybridized carbons (Fsp3) is 0.667. The predicted molar refractivity (Wildman–Crippen MR) is 47.2 cm³/mol. The van der Waals surface area contributed by atoms with Gasteiger partial charge >= 0.3 is 5.97 Å². The van der Waals surface area contributed by atoms with Gasteiger partial charge in [-0.1, -0.05) is 19.8 Å². The van der Waals surface area contributed by atoms with Crippen LogP contribution in [0.1, 0.15) is 20.3 Å². The van der Waals surface area contributed by atoms with Gasteiger partial charge in [0.15, 0.2) is 0 Å². The predicted octanol–water partition coefficient (Wildman–Crippen LogP) is 0.536. The molecule has 0 radical (unpaired) electrons. The quantitative estimate of drug-likeness (QED) is 0.373. The fourth-order valence-electron chi connectivity index (χ4n) is 0.769. The van der Waals surface area contributed by atoms with Gasteiger partial charge in [0, 0.05) is 5.92 Å². The molecule has 1 unspecified atom stereocenters. The molecule has 0 rings (SSSR count). The molecule has 0 aromatic heterocycles. The van der Waals surface area contributed by atoms with Crippen molar-refractivity contribution in [1.29, 1.82) is 0 Å². The van der Waals surface area contributed by atoms with Crippen LogP contribution in [0.25, 0.3) is 0 Å². The molecule has 0 spiro atoms. The minimum atomic E-state index is -0.533. The summed E-state index contributed by atoms with van der Waals surface area (Å²) in [4.78, 5) is 10.6. The van der Waals surface area contributed by atoms with Crippen LogP contribution in [0.15, 0.2) is 0 Å². The summed E-state index contributed by atoms with van der Waals surface area (Å²) >= 11 is 0. The second-order valence-electron chi connectivity index (χ2n) is 3.00. The van der Waals surface area contributed by atoms with E-state index in [1.54, 1.807) is 0 Å². The van der Waals surface area contributed by atoms with Gasteiger partial charge in [-0.25, -0.2) is 4.79 Å². The average Bonchev–Trinajstić information content (AvgIpc) is 1.99. The molecule has 3 nitrogen and oxygen atoms in total. The molecule has 12 heavy (non-hydrogen) atoms. The van der Waals surface area contributed by atoms with Crippen LogP contribution in [0.2, 0.25) is 0 Å². The molecule has 0 aromatic rings. The first-order valence-electron chi connectivity index (χ1n) is 3.91. The minimum Gasteiger partial charge on any atom is -0.459 e. The Morgan fingerprint density at radius 2 is 2.17 bits per heavy atom. The summed E-state index contributed by atoms with van der Waals surface area (Å²) in [5.41, 5.74) is 5.60. The first kappa shape index (κ1) is 11.0. The van der Waals surface area contributed by atoms with Gasteiger partial charge in [-0.05, 0) is 12.3 Å². The molecule has 2 N–H and O–H groups in total. The molecule has 0 saturated heterocycles. The molecular formula is C9H15NO2. The first-order valence-corrected chi connectivity index (χ1v) is 3.91. The Morgan fingerprint density at radius 1 is 1.58 bits per heavy atom. The maximum absolute atomic E-state index is 10.6. The van der Waals surface area contributed by atoms with Crippen LogP contribution in [0, 0.1) is 17.8 Å². The Labute approximate surface area is 73.3 Å². The van der Waals surface area contributed by atoms with Crippen molar-refractivity contribution in [3.63, 3.8) is 0 Å². The number of ether oxygens (including phenoxy) is 1. The average molecular weight is 169 g/mol. The van der Waals surface area contributed by atoms with Crippen molar-refractivity contribution in [3.05, 3.63) is 0 Å². The van der Waals surface area contributed by atoms with Gasteiger partial charge in [0.1, 0.15) is 0 Å². The van der Waals surface area contributed by atoms with E-state index in [2.05, 4.69) is 30.4 Å². The summed E-state index contributed by atoms with van der Waals surface area (Å²) < 4.78 is 4.34. The molecule has 0 aliphatic rings. The normalized spacial score (nSPS) is 11.8. The third-order valence-corrected chi connectivity index (χ3v) is 1.27. The summed E-state index contributed by atoms with van der Waals surface area (Å²) in [5.74, 6) is 4.88. The number of methoxy groups -OCH3 is 1. The highest BCUT2D eigenvalue weighted by atomic mass is 16.5. The van der Waals surface area contributed by atoms with Gasteiger partial charge in [-0.3, -0.25) is 0 Å². The molecule has 0 bridgehead atoms. The van der Waals surface area contributed by atoms with Crippen LogP contribution in [-0.4, -0.2) is 19.1 Å². The van der Waals surface area contributed by atoms with Gasteiger partial charge in [0.2, 0.25) is 0 Å². The lowest BCUT2D eigenvalue weighted by Crippen LogP contribution is -2.20. The van der Waals surface area contributed by atoms with Crippen molar-refractivity contribution < 1.29 is 9.53 Å². The maximum atomic E-state index is 10.6. The summed E-state index contributed by atoms with van der Waals surface area (Å²) in [6, 6.07) is -0.232. The molecule has 0 amide bonds. The smallest absolute Gasteiger partial charge is 0.384 e. The molecule has 0 saturated carbocycles. The zero-order chi connectivity index (χ0) is 9.56. The number of nitrogens with two attached hydrogens (primary N) is 1. The minimum absolute atomic E-state index is 0.232. The SMILES string of the molecule is COC(=O)C#CC(N)CC(C)C. The zero-order valence-corrected chi connectivity index (χ0v) is 7.76. The van der Waals surface area contributed by atoms with E-state index in [1.807, 2.05) is 0 Å². The standard InChI is InChI=1S/C9H15NO2/c1-7(2)6-8(10)4-5-9(11)12-3/h7-8H,6,10H2,1-3H3. The van der Waals surface area contributed by atoms with Crippen molar-refractivity contribution in [1.82, 2.24) is 0 Å². The van der Waals surface area contributed by atoms with Gasteiger partial charge in [-0.15, -0.1) is 0 Å². The highest BCUT2D eigenvalue weighted by Gasteiger charge is 2.01. The van der Waals surface area contributed by atoms with Crippen LogP contribution in [0.3, 0.4) is 0 Å². The van der Waals surface area contributed by atoms with Crippen molar-refractivity contribution >= 4 is 5.97 Å². The fourth-order valence-corrected chi connectivity index (χ4v) is 0.769. The van der Waals surface area contributed by atoms with E-state index in [0.29, 0.717) is 5.92 Å². The molecule has 1 atom stereocenters. The summed E-state index contributed by atoms with van der Waals surface area (Å²) in [5, 5.41) is 0. The number of hydrogen-bond acceptors (Lipinski definition) is 3. The summed E-state index contributed by atoms with van der Waals surface area (Å²) in [6.45, 7) is 4.11. The van der Waals surface area contributed by atoms with E-state index in [1.165, 1.54) is 7.11 Å². The molecule has 0 fully saturated rings. The Balaban J connectivity index is 3.86. The number of carbonyl (C=O) groups is 1. The highest BCUT2D eigenvalue weighted by Crippen LogP contribution is 2.00. The topological polar surface area (TPSA) is 52.3 Å². The molecule has 0 aromatic carbocycles. The lowest BCUT2D eigenvalue weighted by Gasteiger charge is -2.05. The molecular weight excluding hydrogens is 154 g/mol. The van der Waals surface area contributed by atoms with Crippen LogP contribution in [0.5, 0.6) is 0 Å². The van der Waals surface area contributed by atoms with Gasteiger partial charge in [0.05, 0.1) is 13.2 Å². The second-order valence-corrected chi connectivity index (χ2v) is 3.00. The second kappa shape index (κ2) is 5.62. The Hall–Kier alpha value is -1.01. The lowest BCUT2D eigenvalue weighted by molar-refractivity contribution is -0.133. The monoisotopic (exact) mass is 169 g/mol. The van der Waals surface area contributed by atoms with Crippen LogP contribution < -0.4 is 5.73 Å². The lowest BCUT2D eigenvalue weighted by atomic mass is 10.1. The maximum Gasteiger partial charge on any atom is 0.384 e. The Morgan fingerprint density at radius 3 is 2.58 bits per heavy atom. The summed E-state index contributed by atoms with van der Waals surface area (Å²) in [6.07, 6.45) is 0.796. The Bertz CT molecular complexity index is 200. The first-order chi connectivity index (χ1) is 5.56. The third-order valence-electron chi connectivity index (χ3n) is 1.27. The van der Waals surface area contributed by atoms with Crippen molar-refractivity contribution in [2.45, 2.75) is 26.3 Å². The van der Waals surface area contributed by atoms with Crippen molar-refractivity contribution in [2.24, 2.45) is 11.7 Å². The van der Waals surface area contributed by atoms with Crippen LogP contribution in [-0.2, 0) is 9.53 Å². The van der Waals surface area contributed by atoms with Crippen molar-refractivity contribution in [2.75, 3.05) is 7.11 Å². The molecule has 0 aliphatic heterocycles. The van der Waals surface area contributed by atoms with E-state index in [-0.39, 0.29) is 6.04 Å². The number of hydrogen-bond donors (Lipinski definition) is 1. The molecule has 0 aliphatic carbocycles. The highest BCUT2D eigenvalue weighted by molar-refractivity contribution is 5.88. The van der Waals surface area contributed by atoms with Gasteiger partial charge in [0.25, 0.3) is 0 Å². The van der Waals surface area contributed by atoms with E-state index in [4.69, 9.17) is 5.73 Å². The molecule has 3 heteroatoms. The van der Waals surface area contributed by atoms with E-state index in [9.17, 15) is 4.79 Å². The van der Waals surface area contributed by atoms with E-state index in [0.717, 1.165) is 6.42 Å². The molecule has 68 valence electrons. The van der Waals surface area contributed by atoms with Crippen LogP contribution in [0.4, 0.5) is 0 Å². The van der Waals surface area contributed by atoms with E-state index < -0.39 is 5.97 Å². The van der Waals surface area contributed by atoms with Crippen molar-refractivity contribution in [3.8, 4) is 11.8 Å². The van der Waals surface area contributed by atoms with Gasteiger partial charge < -0.3 is 10.5 Å².